The van der Waals surface area contributed by atoms with Crippen molar-refractivity contribution in [3.8, 4) is 11.1 Å². The normalized spacial score (nSPS) is 12.6. The predicted molar refractivity (Wildman–Crippen MR) is 93.3 cm³/mol. The molecule has 0 saturated heterocycles. The van der Waals surface area contributed by atoms with E-state index < -0.39 is 0 Å². The van der Waals surface area contributed by atoms with Crippen molar-refractivity contribution in [2.24, 2.45) is 0 Å². The van der Waals surface area contributed by atoms with Gasteiger partial charge in [-0.3, -0.25) is 0 Å². The largest absolute Gasteiger partial charge is 0.449 e. The number of hydrogen-bond donors (Lipinski definition) is 0. The lowest BCUT2D eigenvalue weighted by molar-refractivity contribution is 0.0385. The molecule has 0 unspecified atom stereocenters. The molecule has 0 amide bonds. The third kappa shape index (κ3) is 2.47. The Morgan fingerprint density at radius 2 is 1.43 bits per heavy atom. The van der Waals surface area contributed by atoms with Crippen LogP contribution in [-0.4, -0.2) is 5.97 Å². The summed E-state index contributed by atoms with van der Waals surface area (Å²) in [5.74, 6) is -0.317. The fourth-order valence-corrected chi connectivity index (χ4v) is 3.43. The molecule has 3 heteroatoms. The molecule has 1 aliphatic carbocycles. The van der Waals surface area contributed by atoms with Crippen LogP contribution in [0.3, 0.4) is 0 Å². The van der Waals surface area contributed by atoms with Crippen LogP contribution >= 0.6 is 15.9 Å². The van der Waals surface area contributed by atoms with Crippen molar-refractivity contribution >= 4 is 21.9 Å². The molecule has 3 aromatic carbocycles. The number of benzene rings is 3. The Labute approximate surface area is 142 Å². The van der Waals surface area contributed by atoms with Crippen molar-refractivity contribution in [3.63, 3.8) is 0 Å². The van der Waals surface area contributed by atoms with Crippen molar-refractivity contribution in [3.05, 3.63) is 94.0 Å². The Hall–Kier alpha value is -2.39. The highest BCUT2D eigenvalue weighted by Crippen LogP contribution is 2.45. The first kappa shape index (κ1) is 14.2. The molecule has 3 aromatic rings. The maximum Gasteiger partial charge on any atom is 0.339 e. The second kappa shape index (κ2) is 5.67. The summed E-state index contributed by atoms with van der Waals surface area (Å²) in [4.78, 5) is 12.5. The van der Waals surface area contributed by atoms with Gasteiger partial charge in [-0.1, -0.05) is 70.5 Å². The van der Waals surface area contributed by atoms with Crippen molar-refractivity contribution in [1.29, 1.82) is 0 Å². The van der Waals surface area contributed by atoms with Gasteiger partial charge in [0.25, 0.3) is 0 Å². The summed E-state index contributed by atoms with van der Waals surface area (Å²) in [6.07, 6.45) is -0.353. The van der Waals surface area contributed by atoms with E-state index in [1.165, 1.54) is 0 Å². The summed E-state index contributed by atoms with van der Waals surface area (Å²) in [7, 11) is 0. The lowest BCUT2D eigenvalue weighted by Gasteiger charge is -2.15. The molecule has 23 heavy (non-hydrogen) atoms. The maximum absolute atomic E-state index is 12.5. The molecule has 0 saturated carbocycles. The van der Waals surface area contributed by atoms with Gasteiger partial charge in [0, 0.05) is 15.6 Å². The second-order valence-corrected chi connectivity index (χ2v) is 6.39. The first-order chi connectivity index (χ1) is 11.2. The zero-order valence-corrected chi connectivity index (χ0v) is 13.8. The van der Waals surface area contributed by atoms with Crippen molar-refractivity contribution < 1.29 is 9.53 Å². The van der Waals surface area contributed by atoms with Crippen molar-refractivity contribution in [2.45, 2.75) is 6.10 Å². The van der Waals surface area contributed by atoms with Crippen LogP contribution in [-0.2, 0) is 4.74 Å². The number of esters is 1. The first-order valence-corrected chi connectivity index (χ1v) is 8.18. The summed E-state index contributed by atoms with van der Waals surface area (Å²) in [6.45, 7) is 0. The Morgan fingerprint density at radius 3 is 2.04 bits per heavy atom. The number of carbonyl (C=O) groups is 1. The monoisotopic (exact) mass is 364 g/mol. The number of hydrogen-bond acceptors (Lipinski definition) is 2. The van der Waals surface area contributed by atoms with Gasteiger partial charge in [0.15, 0.2) is 6.10 Å². The third-order valence-corrected chi connectivity index (χ3v) is 4.56. The van der Waals surface area contributed by atoms with E-state index in [9.17, 15) is 4.79 Å². The van der Waals surface area contributed by atoms with Gasteiger partial charge in [0.2, 0.25) is 0 Å². The van der Waals surface area contributed by atoms with E-state index in [1.807, 2.05) is 48.5 Å². The van der Waals surface area contributed by atoms with Gasteiger partial charge in [-0.2, -0.15) is 0 Å². The van der Waals surface area contributed by atoms with Crippen LogP contribution in [0.25, 0.3) is 11.1 Å². The van der Waals surface area contributed by atoms with E-state index >= 15 is 0 Å². The van der Waals surface area contributed by atoms with Crippen LogP contribution < -0.4 is 0 Å². The minimum Gasteiger partial charge on any atom is -0.449 e. The Kier molecular flexibility index (Phi) is 3.50. The summed E-state index contributed by atoms with van der Waals surface area (Å²) < 4.78 is 6.71. The minimum absolute atomic E-state index is 0.317. The fraction of sp³-hybridized carbons (Fsp3) is 0.0500. The molecule has 0 bridgehead atoms. The summed E-state index contributed by atoms with van der Waals surface area (Å²) in [6, 6.07) is 23.4. The van der Waals surface area contributed by atoms with E-state index in [0.717, 1.165) is 26.7 Å². The first-order valence-electron chi connectivity index (χ1n) is 7.39. The summed E-state index contributed by atoms with van der Waals surface area (Å²) in [5, 5.41) is 0. The zero-order chi connectivity index (χ0) is 15.8. The van der Waals surface area contributed by atoms with E-state index in [1.54, 1.807) is 12.1 Å². The molecule has 112 valence electrons. The maximum atomic E-state index is 12.5. The van der Waals surface area contributed by atoms with Crippen LogP contribution in [0.1, 0.15) is 27.6 Å². The van der Waals surface area contributed by atoms with Gasteiger partial charge >= 0.3 is 5.97 Å². The number of halogens is 1. The molecule has 0 N–H and O–H groups in total. The topological polar surface area (TPSA) is 26.3 Å². The molecule has 0 aromatic heterocycles. The second-order valence-electron chi connectivity index (χ2n) is 5.47. The van der Waals surface area contributed by atoms with Gasteiger partial charge in [0.1, 0.15) is 0 Å². The predicted octanol–water partition coefficient (Wildman–Crippen LogP) is 5.38. The molecule has 0 radical (unpaired) electrons. The molecular formula is C20H13BrO2. The van der Waals surface area contributed by atoms with Gasteiger partial charge < -0.3 is 4.74 Å². The highest BCUT2D eigenvalue weighted by atomic mass is 79.9. The van der Waals surface area contributed by atoms with Crippen LogP contribution in [0.15, 0.2) is 77.3 Å². The minimum atomic E-state index is -0.353. The lowest BCUT2D eigenvalue weighted by Crippen LogP contribution is -2.11. The Bertz CT molecular complexity index is 856. The summed E-state index contributed by atoms with van der Waals surface area (Å²) >= 11 is 3.39. The molecule has 0 fully saturated rings. The van der Waals surface area contributed by atoms with Crippen molar-refractivity contribution in [2.75, 3.05) is 0 Å². The zero-order valence-electron chi connectivity index (χ0n) is 12.2. The molecule has 1 aliphatic rings. The molecule has 2 nitrogen and oxygen atoms in total. The van der Waals surface area contributed by atoms with Crippen LogP contribution in [0, 0.1) is 0 Å². The van der Waals surface area contributed by atoms with Gasteiger partial charge in [-0.05, 0) is 29.3 Å². The van der Waals surface area contributed by atoms with Crippen LogP contribution in [0.4, 0.5) is 0 Å². The van der Waals surface area contributed by atoms with Gasteiger partial charge in [-0.15, -0.1) is 0 Å². The van der Waals surface area contributed by atoms with E-state index in [-0.39, 0.29) is 12.1 Å². The van der Waals surface area contributed by atoms with E-state index in [0.29, 0.717) is 5.56 Å². The lowest BCUT2D eigenvalue weighted by atomic mass is 10.1. The Morgan fingerprint density at radius 1 is 0.826 bits per heavy atom. The van der Waals surface area contributed by atoms with Crippen LogP contribution in [0.2, 0.25) is 0 Å². The Balaban J connectivity index is 1.73. The smallest absolute Gasteiger partial charge is 0.339 e. The SMILES string of the molecule is O=C(OC1c2ccccc2-c2ccccc21)c1cccc(Br)c1. The van der Waals surface area contributed by atoms with Gasteiger partial charge in [0.05, 0.1) is 5.56 Å². The molecule has 4 rings (SSSR count). The van der Waals surface area contributed by atoms with E-state index in [4.69, 9.17) is 4.74 Å². The molecular weight excluding hydrogens is 352 g/mol. The molecule has 0 aliphatic heterocycles. The number of ether oxygens (including phenoxy) is 1. The molecule has 0 heterocycles. The molecule has 0 atom stereocenters. The standard InChI is InChI=1S/C20H13BrO2/c21-14-7-5-6-13(12-14)20(22)23-19-17-10-3-1-8-15(17)16-9-2-4-11-18(16)19/h1-12,19H. The number of fused-ring (bicyclic) bond motifs is 3. The van der Waals surface area contributed by atoms with Gasteiger partial charge in [-0.25, -0.2) is 4.79 Å². The fourth-order valence-electron chi connectivity index (χ4n) is 3.03. The van der Waals surface area contributed by atoms with E-state index in [2.05, 4.69) is 28.1 Å². The molecule has 0 spiro atoms. The quantitative estimate of drug-likeness (QED) is 0.571. The highest BCUT2D eigenvalue weighted by molar-refractivity contribution is 9.10. The summed E-state index contributed by atoms with van der Waals surface area (Å²) in [5.41, 5.74) is 4.89. The highest BCUT2D eigenvalue weighted by Gasteiger charge is 2.31. The number of carbonyl (C=O) groups excluding carboxylic acids is 1. The third-order valence-electron chi connectivity index (χ3n) is 4.06. The van der Waals surface area contributed by atoms with Crippen LogP contribution in [0.5, 0.6) is 0 Å². The number of rotatable bonds is 2. The average molecular weight is 365 g/mol. The van der Waals surface area contributed by atoms with Crippen molar-refractivity contribution in [1.82, 2.24) is 0 Å². The average Bonchev–Trinajstić information content (AvgIpc) is 2.90.